The molecule has 0 aliphatic heterocycles. The monoisotopic (exact) mass is 309 g/mol. The summed E-state index contributed by atoms with van der Waals surface area (Å²) in [6.07, 6.45) is 0. The molecule has 2 N–H and O–H groups in total. The van der Waals surface area contributed by atoms with Crippen LogP contribution in [-0.2, 0) is 16.6 Å². The van der Waals surface area contributed by atoms with Crippen molar-refractivity contribution in [3.63, 3.8) is 0 Å². The smallest absolute Gasteiger partial charge is 0.120 e. The molecule has 2 aromatic rings. The molecule has 0 aliphatic rings. The number of hydrogen-bond donors (Lipinski definition) is 1. The molecule has 2 aromatic carbocycles. The van der Waals surface area contributed by atoms with Gasteiger partial charge in [-0.1, -0.05) is 23.7 Å². The molecule has 0 radical (unpaired) electrons. The van der Waals surface area contributed by atoms with Crippen LogP contribution in [0.5, 0.6) is 5.75 Å². The summed E-state index contributed by atoms with van der Waals surface area (Å²) in [5.74, 6) is 1.08. The molecule has 0 saturated carbocycles. The largest absolute Gasteiger partial charge is 0.494 e. The van der Waals surface area contributed by atoms with Gasteiger partial charge in [-0.25, -0.2) is 0 Å². The van der Waals surface area contributed by atoms with Crippen molar-refractivity contribution >= 4 is 28.1 Å². The van der Waals surface area contributed by atoms with Crippen LogP contribution in [0.25, 0.3) is 0 Å². The molecule has 0 bridgehead atoms. The number of anilines is 1. The number of rotatable bonds is 5. The van der Waals surface area contributed by atoms with Crippen molar-refractivity contribution in [2.45, 2.75) is 17.6 Å². The minimum absolute atomic E-state index is 0.400. The highest BCUT2D eigenvalue weighted by Gasteiger charge is 2.10. The highest BCUT2D eigenvalue weighted by atomic mass is 35.5. The summed E-state index contributed by atoms with van der Waals surface area (Å²) >= 11 is 5.83. The molecule has 20 heavy (non-hydrogen) atoms. The van der Waals surface area contributed by atoms with Gasteiger partial charge >= 0.3 is 0 Å². The molecule has 0 aliphatic carbocycles. The Kier molecular flexibility index (Phi) is 5.04. The standard InChI is InChI=1S/C15H16ClNO2S/c1-2-19-13-7-8-14(17)15(9-13)20(18)10-11-3-5-12(16)6-4-11/h3-9H,2,10,17H2,1H3. The predicted molar refractivity (Wildman–Crippen MR) is 83.6 cm³/mol. The molecule has 0 heterocycles. The zero-order valence-electron chi connectivity index (χ0n) is 11.1. The Hall–Kier alpha value is -1.52. The number of hydrogen-bond acceptors (Lipinski definition) is 3. The summed E-state index contributed by atoms with van der Waals surface area (Å²) in [4.78, 5) is 0.603. The van der Waals surface area contributed by atoms with E-state index in [0.717, 1.165) is 5.56 Å². The molecule has 3 nitrogen and oxygen atoms in total. The summed E-state index contributed by atoms with van der Waals surface area (Å²) in [6.45, 7) is 2.47. The lowest BCUT2D eigenvalue weighted by molar-refractivity contribution is 0.339. The average molecular weight is 310 g/mol. The van der Waals surface area contributed by atoms with Gasteiger partial charge in [-0.05, 0) is 42.8 Å². The van der Waals surface area contributed by atoms with Crippen molar-refractivity contribution in [2.75, 3.05) is 12.3 Å². The first-order valence-corrected chi connectivity index (χ1v) is 7.95. The molecule has 5 heteroatoms. The Morgan fingerprint density at radius 2 is 1.90 bits per heavy atom. The Balaban J connectivity index is 2.19. The first kappa shape index (κ1) is 14.9. The van der Waals surface area contributed by atoms with Crippen LogP contribution in [-0.4, -0.2) is 10.8 Å². The maximum absolute atomic E-state index is 12.4. The average Bonchev–Trinajstić information content (AvgIpc) is 2.43. The van der Waals surface area contributed by atoms with Gasteiger partial charge in [0, 0.05) is 10.7 Å². The highest BCUT2D eigenvalue weighted by molar-refractivity contribution is 7.84. The van der Waals surface area contributed by atoms with Gasteiger partial charge in [-0.3, -0.25) is 4.21 Å². The van der Waals surface area contributed by atoms with Gasteiger partial charge in [0.15, 0.2) is 0 Å². The van der Waals surface area contributed by atoms with E-state index in [1.807, 2.05) is 19.1 Å². The highest BCUT2D eigenvalue weighted by Crippen LogP contribution is 2.25. The Morgan fingerprint density at radius 1 is 1.20 bits per heavy atom. The Bertz CT molecular complexity index is 614. The normalized spacial score (nSPS) is 12.1. The Morgan fingerprint density at radius 3 is 2.55 bits per heavy atom. The first-order chi connectivity index (χ1) is 9.60. The molecular formula is C15H16ClNO2S. The van der Waals surface area contributed by atoms with Gasteiger partial charge in [-0.2, -0.15) is 0 Å². The van der Waals surface area contributed by atoms with Crippen molar-refractivity contribution in [1.82, 2.24) is 0 Å². The number of halogens is 1. The fraction of sp³-hybridized carbons (Fsp3) is 0.200. The SMILES string of the molecule is CCOc1ccc(N)c(S(=O)Cc2ccc(Cl)cc2)c1. The second-order valence-electron chi connectivity index (χ2n) is 4.25. The lowest BCUT2D eigenvalue weighted by atomic mass is 10.2. The van der Waals surface area contributed by atoms with Crippen LogP contribution in [0, 0.1) is 0 Å². The van der Waals surface area contributed by atoms with Crippen LogP contribution in [0.3, 0.4) is 0 Å². The van der Waals surface area contributed by atoms with Crippen molar-refractivity contribution in [3.05, 3.63) is 53.1 Å². The van der Waals surface area contributed by atoms with Gasteiger partial charge in [0.2, 0.25) is 0 Å². The topological polar surface area (TPSA) is 52.3 Å². The van der Waals surface area contributed by atoms with E-state index < -0.39 is 10.8 Å². The van der Waals surface area contributed by atoms with E-state index in [2.05, 4.69) is 0 Å². The summed E-state index contributed by atoms with van der Waals surface area (Å²) in [6, 6.07) is 12.5. The lowest BCUT2D eigenvalue weighted by Crippen LogP contribution is -2.02. The molecule has 2 rings (SSSR count). The summed E-state index contributed by atoms with van der Waals surface area (Å²) in [7, 11) is -1.21. The van der Waals surface area contributed by atoms with Crippen molar-refractivity contribution in [3.8, 4) is 5.75 Å². The summed E-state index contributed by atoms with van der Waals surface area (Å²) in [5, 5.41) is 0.664. The van der Waals surface area contributed by atoms with Gasteiger partial charge in [0.05, 0.1) is 28.1 Å². The first-order valence-electron chi connectivity index (χ1n) is 6.25. The van der Waals surface area contributed by atoms with Crippen molar-refractivity contribution in [2.24, 2.45) is 0 Å². The number of benzene rings is 2. The third kappa shape index (κ3) is 3.74. The maximum Gasteiger partial charge on any atom is 0.120 e. The van der Waals surface area contributed by atoms with Crippen LogP contribution in [0.4, 0.5) is 5.69 Å². The van der Waals surface area contributed by atoms with E-state index >= 15 is 0 Å². The van der Waals surface area contributed by atoms with Gasteiger partial charge in [-0.15, -0.1) is 0 Å². The molecule has 0 amide bonds. The van der Waals surface area contributed by atoms with E-state index in [-0.39, 0.29) is 0 Å². The third-order valence-corrected chi connectivity index (χ3v) is 4.44. The minimum Gasteiger partial charge on any atom is -0.494 e. The quantitative estimate of drug-likeness (QED) is 0.858. The van der Waals surface area contributed by atoms with Crippen LogP contribution < -0.4 is 10.5 Å². The molecule has 1 unspecified atom stereocenters. The van der Waals surface area contributed by atoms with E-state index in [1.54, 1.807) is 30.3 Å². The number of ether oxygens (including phenoxy) is 1. The molecule has 0 aromatic heterocycles. The Labute approximate surface area is 126 Å². The zero-order valence-corrected chi connectivity index (χ0v) is 12.7. The van der Waals surface area contributed by atoms with E-state index in [9.17, 15) is 4.21 Å². The van der Waals surface area contributed by atoms with Gasteiger partial charge < -0.3 is 10.5 Å². The van der Waals surface area contributed by atoms with Crippen LogP contribution >= 0.6 is 11.6 Å². The molecular weight excluding hydrogens is 294 g/mol. The van der Waals surface area contributed by atoms with Crippen molar-refractivity contribution < 1.29 is 8.95 Å². The number of nitrogen functional groups attached to an aromatic ring is 1. The fourth-order valence-electron chi connectivity index (χ4n) is 1.78. The molecule has 0 spiro atoms. The van der Waals surface area contributed by atoms with E-state index in [1.165, 1.54) is 0 Å². The van der Waals surface area contributed by atoms with Crippen molar-refractivity contribution in [1.29, 1.82) is 0 Å². The van der Waals surface area contributed by atoms with Crippen LogP contribution in [0.15, 0.2) is 47.4 Å². The van der Waals surface area contributed by atoms with Crippen LogP contribution in [0.2, 0.25) is 5.02 Å². The zero-order chi connectivity index (χ0) is 14.5. The summed E-state index contributed by atoms with van der Waals surface area (Å²) < 4.78 is 17.8. The molecule has 1 atom stereocenters. The summed E-state index contributed by atoms with van der Waals surface area (Å²) in [5.41, 5.74) is 7.36. The third-order valence-electron chi connectivity index (χ3n) is 2.75. The second-order valence-corrected chi connectivity index (χ2v) is 6.10. The molecule has 0 fully saturated rings. The predicted octanol–water partition coefficient (Wildman–Crippen LogP) is 3.63. The molecule has 106 valence electrons. The van der Waals surface area contributed by atoms with Crippen LogP contribution in [0.1, 0.15) is 12.5 Å². The lowest BCUT2D eigenvalue weighted by Gasteiger charge is -2.09. The fourth-order valence-corrected chi connectivity index (χ4v) is 3.13. The van der Waals surface area contributed by atoms with Gasteiger partial charge in [0.25, 0.3) is 0 Å². The molecule has 0 saturated heterocycles. The van der Waals surface area contributed by atoms with Gasteiger partial charge in [0.1, 0.15) is 5.75 Å². The maximum atomic E-state index is 12.4. The minimum atomic E-state index is -1.21. The number of nitrogens with two attached hydrogens (primary N) is 1. The van der Waals surface area contributed by atoms with E-state index in [4.69, 9.17) is 22.1 Å². The van der Waals surface area contributed by atoms with E-state index in [0.29, 0.717) is 33.7 Å². The second kappa shape index (κ2) is 6.77.